The minimum Gasteiger partial charge on any atom is -0.398 e. The third kappa shape index (κ3) is 3.34. The molecule has 0 aromatic heterocycles. The first kappa shape index (κ1) is 12.7. The normalized spacial score (nSPS) is 16.1. The van der Waals surface area contributed by atoms with E-state index in [1.807, 2.05) is 0 Å². The Morgan fingerprint density at radius 3 is 2.71 bits per heavy atom. The Hall–Kier alpha value is -0.780. The predicted octanol–water partition coefficient (Wildman–Crippen LogP) is 2.08. The minimum absolute atomic E-state index is 0.146. The van der Waals surface area contributed by atoms with Crippen molar-refractivity contribution in [3.63, 3.8) is 0 Å². The average molecular weight is 276 g/mol. The van der Waals surface area contributed by atoms with Crippen LogP contribution in [0.25, 0.3) is 0 Å². The van der Waals surface area contributed by atoms with Gasteiger partial charge in [0.2, 0.25) is 9.84 Å². The summed E-state index contributed by atoms with van der Waals surface area (Å²) in [5.41, 5.74) is 5.89. The molecule has 4 nitrogen and oxygen atoms in total. The number of sulfone groups is 1. The highest BCUT2D eigenvalue weighted by molar-refractivity contribution is 7.91. The molecule has 1 fully saturated rings. The van der Waals surface area contributed by atoms with E-state index in [0.29, 0.717) is 18.2 Å². The van der Waals surface area contributed by atoms with E-state index in [4.69, 9.17) is 22.1 Å². The predicted molar refractivity (Wildman–Crippen MR) is 66.6 cm³/mol. The SMILES string of the molecule is Nc1ccc(S(=O)(=O)COCC2CC2)cc1Cl. The lowest BCUT2D eigenvalue weighted by atomic mass is 10.3. The molecular formula is C11H14ClNO3S. The van der Waals surface area contributed by atoms with Gasteiger partial charge in [0.15, 0.2) is 5.94 Å². The molecule has 1 aromatic rings. The summed E-state index contributed by atoms with van der Waals surface area (Å²) in [6.07, 6.45) is 2.27. The summed E-state index contributed by atoms with van der Waals surface area (Å²) < 4.78 is 28.9. The summed E-state index contributed by atoms with van der Waals surface area (Å²) in [4.78, 5) is 0.146. The molecule has 6 heteroatoms. The van der Waals surface area contributed by atoms with E-state index in [9.17, 15) is 8.42 Å². The maximum Gasteiger partial charge on any atom is 0.202 e. The van der Waals surface area contributed by atoms with Gasteiger partial charge in [-0.2, -0.15) is 0 Å². The van der Waals surface area contributed by atoms with E-state index in [0.717, 1.165) is 12.8 Å². The first-order valence-corrected chi connectivity index (χ1v) is 7.37. The van der Waals surface area contributed by atoms with Gasteiger partial charge in [0.25, 0.3) is 0 Å². The highest BCUT2D eigenvalue weighted by atomic mass is 35.5. The number of nitrogens with two attached hydrogens (primary N) is 1. The van der Waals surface area contributed by atoms with E-state index in [2.05, 4.69) is 0 Å². The molecule has 0 radical (unpaired) electrons. The Bertz CT molecular complexity index is 511. The fourth-order valence-electron chi connectivity index (χ4n) is 1.38. The Kier molecular flexibility index (Phi) is 3.61. The van der Waals surface area contributed by atoms with Crippen LogP contribution in [0.5, 0.6) is 0 Å². The average Bonchev–Trinajstić information content (AvgIpc) is 3.05. The van der Waals surface area contributed by atoms with Gasteiger partial charge in [-0.3, -0.25) is 0 Å². The monoisotopic (exact) mass is 275 g/mol. The summed E-state index contributed by atoms with van der Waals surface area (Å²) in [5.74, 6) is 0.240. The van der Waals surface area contributed by atoms with Gasteiger partial charge in [0, 0.05) is 0 Å². The second kappa shape index (κ2) is 4.84. The van der Waals surface area contributed by atoms with E-state index in [1.165, 1.54) is 18.2 Å². The molecule has 0 amide bonds. The summed E-state index contributed by atoms with van der Waals surface area (Å²) in [5, 5.41) is 0.244. The van der Waals surface area contributed by atoms with Gasteiger partial charge in [0.1, 0.15) is 0 Å². The highest BCUT2D eigenvalue weighted by Crippen LogP contribution is 2.29. The van der Waals surface area contributed by atoms with Crippen molar-refractivity contribution in [1.82, 2.24) is 0 Å². The number of ether oxygens (including phenoxy) is 1. The summed E-state index contributed by atoms with van der Waals surface area (Å²) >= 11 is 5.78. The summed E-state index contributed by atoms with van der Waals surface area (Å²) in [6, 6.07) is 4.28. The van der Waals surface area contributed by atoms with Crippen LogP contribution in [0.4, 0.5) is 5.69 Å². The fourth-order valence-corrected chi connectivity index (χ4v) is 2.65. The molecule has 0 bridgehead atoms. The van der Waals surface area contributed by atoms with Crippen LogP contribution < -0.4 is 5.73 Å². The van der Waals surface area contributed by atoms with Crippen LogP contribution in [-0.2, 0) is 14.6 Å². The molecule has 0 atom stereocenters. The van der Waals surface area contributed by atoms with Gasteiger partial charge < -0.3 is 10.5 Å². The zero-order chi connectivity index (χ0) is 12.5. The molecular weight excluding hydrogens is 262 g/mol. The molecule has 94 valence electrons. The lowest BCUT2D eigenvalue weighted by Crippen LogP contribution is -2.11. The topological polar surface area (TPSA) is 69.4 Å². The molecule has 1 aliphatic carbocycles. The molecule has 0 aliphatic heterocycles. The second-order valence-electron chi connectivity index (χ2n) is 4.23. The van der Waals surface area contributed by atoms with Crippen LogP contribution in [0.2, 0.25) is 5.02 Å². The largest absolute Gasteiger partial charge is 0.398 e. The van der Waals surface area contributed by atoms with Gasteiger partial charge in [-0.05, 0) is 37.0 Å². The van der Waals surface area contributed by atoms with Crippen LogP contribution >= 0.6 is 11.6 Å². The van der Waals surface area contributed by atoms with Crippen molar-refractivity contribution in [1.29, 1.82) is 0 Å². The van der Waals surface area contributed by atoms with Gasteiger partial charge >= 0.3 is 0 Å². The van der Waals surface area contributed by atoms with Crippen molar-refractivity contribution in [2.24, 2.45) is 5.92 Å². The molecule has 1 aromatic carbocycles. The number of hydrogen-bond acceptors (Lipinski definition) is 4. The fraction of sp³-hybridized carbons (Fsp3) is 0.455. The Labute approximate surface area is 106 Å². The first-order valence-electron chi connectivity index (χ1n) is 5.34. The minimum atomic E-state index is -3.43. The van der Waals surface area contributed by atoms with Gasteiger partial charge in [-0.15, -0.1) is 0 Å². The molecule has 2 N–H and O–H groups in total. The number of halogens is 1. The zero-order valence-electron chi connectivity index (χ0n) is 9.23. The zero-order valence-corrected chi connectivity index (χ0v) is 10.8. The standard InChI is InChI=1S/C11H14ClNO3S/c12-10-5-9(3-4-11(10)13)17(14,15)7-16-6-8-1-2-8/h3-5,8H,1-2,6-7,13H2. The van der Waals surface area contributed by atoms with Crippen LogP contribution in [0.15, 0.2) is 23.1 Å². The molecule has 2 rings (SSSR count). The van der Waals surface area contributed by atoms with Crippen molar-refractivity contribution < 1.29 is 13.2 Å². The third-order valence-electron chi connectivity index (χ3n) is 2.62. The molecule has 1 aliphatic rings. The molecule has 0 unspecified atom stereocenters. The van der Waals surface area contributed by atoms with Crippen molar-refractivity contribution in [2.45, 2.75) is 17.7 Å². The van der Waals surface area contributed by atoms with Crippen molar-refractivity contribution in [3.8, 4) is 0 Å². The van der Waals surface area contributed by atoms with Crippen LogP contribution in [0.3, 0.4) is 0 Å². The lowest BCUT2D eigenvalue weighted by molar-refractivity contribution is 0.165. The Morgan fingerprint density at radius 1 is 1.41 bits per heavy atom. The smallest absolute Gasteiger partial charge is 0.202 e. The van der Waals surface area contributed by atoms with E-state index < -0.39 is 9.84 Å². The van der Waals surface area contributed by atoms with Gasteiger partial charge in [-0.1, -0.05) is 11.6 Å². The summed E-state index contributed by atoms with van der Waals surface area (Å²) in [7, 11) is -3.43. The molecule has 0 heterocycles. The molecule has 17 heavy (non-hydrogen) atoms. The van der Waals surface area contributed by atoms with E-state index in [1.54, 1.807) is 0 Å². The van der Waals surface area contributed by atoms with Gasteiger partial charge in [0.05, 0.1) is 22.2 Å². The quantitative estimate of drug-likeness (QED) is 0.836. The van der Waals surface area contributed by atoms with Crippen LogP contribution in [0.1, 0.15) is 12.8 Å². The highest BCUT2D eigenvalue weighted by Gasteiger charge is 2.23. The Morgan fingerprint density at radius 2 is 2.12 bits per heavy atom. The van der Waals surface area contributed by atoms with Crippen LogP contribution in [-0.4, -0.2) is 21.0 Å². The maximum atomic E-state index is 11.9. The number of hydrogen-bond donors (Lipinski definition) is 1. The summed E-state index contributed by atoms with van der Waals surface area (Å²) in [6.45, 7) is 0.516. The second-order valence-corrected chi connectivity index (χ2v) is 6.57. The lowest BCUT2D eigenvalue weighted by Gasteiger charge is -2.06. The number of rotatable bonds is 5. The number of anilines is 1. The van der Waals surface area contributed by atoms with Gasteiger partial charge in [-0.25, -0.2) is 8.42 Å². The maximum absolute atomic E-state index is 11.9. The van der Waals surface area contributed by atoms with Crippen molar-refractivity contribution >= 4 is 27.1 Å². The number of benzene rings is 1. The van der Waals surface area contributed by atoms with Crippen molar-refractivity contribution in [3.05, 3.63) is 23.2 Å². The van der Waals surface area contributed by atoms with Crippen molar-refractivity contribution in [2.75, 3.05) is 18.3 Å². The van der Waals surface area contributed by atoms with E-state index in [-0.39, 0.29) is 15.9 Å². The third-order valence-corrected chi connectivity index (χ3v) is 4.40. The molecule has 1 saturated carbocycles. The van der Waals surface area contributed by atoms with Crippen LogP contribution in [0, 0.1) is 5.92 Å². The Balaban J connectivity index is 2.04. The molecule has 0 saturated heterocycles. The molecule has 0 spiro atoms. The van der Waals surface area contributed by atoms with E-state index >= 15 is 0 Å². The number of nitrogen functional groups attached to an aromatic ring is 1. The first-order chi connectivity index (χ1) is 7.99.